The van der Waals surface area contributed by atoms with Crippen molar-refractivity contribution in [1.29, 1.82) is 0 Å². The van der Waals surface area contributed by atoms with Gasteiger partial charge in [-0.05, 0) is 12.1 Å². The fraction of sp³-hybridized carbons (Fsp3) is 0.429. The lowest BCUT2D eigenvalue weighted by atomic mass is 10.3. The third-order valence-electron chi connectivity index (χ3n) is 3.10. The molecule has 1 aliphatic rings. The van der Waals surface area contributed by atoms with Gasteiger partial charge in [0.25, 0.3) is 0 Å². The van der Waals surface area contributed by atoms with Crippen LogP contribution in [0.4, 0.5) is 4.39 Å². The van der Waals surface area contributed by atoms with Crippen LogP contribution in [0.15, 0.2) is 24.3 Å². The molecule has 1 aromatic rings. The lowest BCUT2D eigenvalue weighted by molar-refractivity contribution is -0.137. The molecule has 1 fully saturated rings. The van der Waals surface area contributed by atoms with Crippen molar-refractivity contribution in [2.75, 3.05) is 38.4 Å². The van der Waals surface area contributed by atoms with E-state index in [0.29, 0.717) is 18.2 Å². The third-order valence-corrected chi connectivity index (χ3v) is 4.04. The molecule has 114 valence electrons. The lowest BCUT2D eigenvalue weighted by Gasteiger charge is -2.21. The maximum Gasteiger partial charge on any atom is 0.242 e. The summed E-state index contributed by atoms with van der Waals surface area (Å²) in [6.07, 6.45) is 0. The quantitative estimate of drug-likeness (QED) is 0.792. The van der Waals surface area contributed by atoms with E-state index in [0.717, 1.165) is 0 Å². The monoisotopic (exact) mass is 312 g/mol. The normalized spacial score (nSPS) is 14.4. The summed E-state index contributed by atoms with van der Waals surface area (Å²) in [7, 11) is 1.64. The molecule has 0 aromatic heterocycles. The number of halogens is 1. The second-order valence-corrected chi connectivity index (χ2v) is 5.62. The zero-order chi connectivity index (χ0) is 15.2. The number of amides is 2. The number of ether oxygens (including phenoxy) is 1. The average Bonchev–Trinajstić information content (AvgIpc) is 2.86. The van der Waals surface area contributed by atoms with E-state index in [1.54, 1.807) is 19.2 Å². The van der Waals surface area contributed by atoms with Gasteiger partial charge in [-0.2, -0.15) is 0 Å². The molecular formula is C14H17FN2O3S. The summed E-state index contributed by atoms with van der Waals surface area (Å²) in [5.74, 6) is 0.584. The van der Waals surface area contributed by atoms with Crippen LogP contribution in [0.2, 0.25) is 0 Å². The van der Waals surface area contributed by atoms with Gasteiger partial charge in [-0.25, -0.2) is 4.39 Å². The van der Waals surface area contributed by atoms with Gasteiger partial charge in [0.1, 0.15) is 13.2 Å². The summed E-state index contributed by atoms with van der Waals surface area (Å²) in [6, 6.07) is 6.13. The molecule has 0 bridgehead atoms. The van der Waals surface area contributed by atoms with Crippen molar-refractivity contribution in [2.45, 2.75) is 0 Å². The molecule has 1 aromatic carbocycles. The van der Waals surface area contributed by atoms with Gasteiger partial charge in [-0.1, -0.05) is 12.1 Å². The second-order valence-electron chi connectivity index (χ2n) is 4.66. The van der Waals surface area contributed by atoms with Crippen molar-refractivity contribution in [3.8, 4) is 5.75 Å². The van der Waals surface area contributed by atoms with E-state index in [1.165, 1.54) is 33.7 Å². The molecule has 1 aliphatic heterocycles. The Labute approximate surface area is 127 Å². The van der Waals surface area contributed by atoms with E-state index < -0.39 is 5.82 Å². The number of rotatable bonds is 6. The molecule has 0 atom stereocenters. The number of nitrogens with zero attached hydrogens (tertiary/aromatic N) is 2. The third kappa shape index (κ3) is 4.35. The molecule has 0 radical (unpaired) electrons. The van der Waals surface area contributed by atoms with Crippen LogP contribution in [-0.4, -0.2) is 60.0 Å². The number of thioether (sulfide) groups is 1. The Morgan fingerprint density at radius 1 is 1.48 bits per heavy atom. The number of likely N-dealkylation sites (N-methyl/N-ethyl adjacent to an activating group) is 1. The molecule has 1 heterocycles. The molecule has 0 N–H and O–H groups in total. The first-order valence-electron chi connectivity index (χ1n) is 6.54. The van der Waals surface area contributed by atoms with Crippen molar-refractivity contribution in [1.82, 2.24) is 9.80 Å². The molecular weight excluding hydrogens is 295 g/mol. The minimum atomic E-state index is -0.425. The van der Waals surface area contributed by atoms with Crippen LogP contribution in [0.25, 0.3) is 0 Å². The highest BCUT2D eigenvalue weighted by Gasteiger charge is 2.24. The first-order valence-corrected chi connectivity index (χ1v) is 7.70. The maximum atomic E-state index is 13.3. The van der Waals surface area contributed by atoms with Crippen LogP contribution in [0, 0.1) is 5.82 Å². The summed E-state index contributed by atoms with van der Waals surface area (Å²) >= 11 is 1.50. The summed E-state index contributed by atoms with van der Waals surface area (Å²) < 4.78 is 18.6. The number of carbonyl (C=O) groups excluding carboxylic acids is 2. The van der Waals surface area contributed by atoms with E-state index in [1.807, 2.05) is 0 Å². The zero-order valence-electron chi connectivity index (χ0n) is 11.8. The Balaban J connectivity index is 1.74. The number of hydrogen-bond donors (Lipinski definition) is 0. The molecule has 0 spiro atoms. The van der Waals surface area contributed by atoms with E-state index >= 15 is 0 Å². The standard InChI is InChI=1S/C14H17FN2O3S/c1-16(13(18)8-17-10-21-9-14(17)19)6-7-20-12-5-3-2-4-11(12)15/h2-5H,6-10H2,1H3. The fourth-order valence-electron chi connectivity index (χ4n) is 1.80. The van der Waals surface area contributed by atoms with Gasteiger partial charge in [0.15, 0.2) is 11.6 Å². The second kappa shape index (κ2) is 7.31. The molecule has 7 heteroatoms. The minimum Gasteiger partial charge on any atom is -0.489 e. The topological polar surface area (TPSA) is 49.9 Å². The first kappa shape index (κ1) is 15.6. The number of hydrogen-bond acceptors (Lipinski definition) is 4. The fourth-order valence-corrected chi connectivity index (χ4v) is 2.71. The average molecular weight is 312 g/mol. The molecule has 0 aliphatic carbocycles. The van der Waals surface area contributed by atoms with Gasteiger partial charge in [0, 0.05) is 7.05 Å². The SMILES string of the molecule is CN(CCOc1ccccc1F)C(=O)CN1CSCC1=O. The van der Waals surface area contributed by atoms with Crippen LogP contribution in [-0.2, 0) is 9.59 Å². The zero-order valence-corrected chi connectivity index (χ0v) is 12.6. The minimum absolute atomic E-state index is 0.00985. The predicted molar refractivity (Wildman–Crippen MR) is 78.6 cm³/mol. The number of para-hydroxylation sites is 1. The van der Waals surface area contributed by atoms with Crippen molar-refractivity contribution >= 4 is 23.6 Å². The van der Waals surface area contributed by atoms with Gasteiger partial charge in [0.05, 0.1) is 18.2 Å². The predicted octanol–water partition coefficient (Wildman–Crippen LogP) is 1.20. The molecule has 1 saturated heterocycles. The Hall–Kier alpha value is -1.76. The molecule has 0 unspecified atom stereocenters. The van der Waals surface area contributed by atoms with Crippen LogP contribution in [0.3, 0.4) is 0 Å². The molecule has 2 amide bonds. The van der Waals surface area contributed by atoms with E-state index in [-0.39, 0.29) is 30.7 Å². The largest absolute Gasteiger partial charge is 0.489 e. The Kier molecular flexibility index (Phi) is 5.44. The highest BCUT2D eigenvalue weighted by atomic mass is 32.2. The Morgan fingerprint density at radius 3 is 2.90 bits per heavy atom. The maximum absolute atomic E-state index is 13.3. The van der Waals surface area contributed by atoms with Crippen molar-refractivity contribution in [3.63, 3.8) is 0 Å². The highest BCUT2D eigenvalue weighted by molar-refractivity contribution is 8.00. The highest BCUT2D eigenvalue weighted by Crippen LogP contribution is 2.16. The smallest absolute Gasteiger partial charge is 0.242 e. The van der Waals surface area contributed by atoms with Crippen molar-refractivity contribution in [3.05, 3.63) is 30.1 Å². The van der Waals surface area contributed by atoms with Crippen molar-refractivity contribution in [2.24, 2.45) is 0 Å². The van der Waals surface area contributed by atoms with Crippen LogP contribution in [0.5, 0.6) is 5.75 Å². The van der Waals surface area contributed by atoms with Gasteiger partial charge in [0.2, 0.25) is 11.8 Å². The van der Waals surface area contributed by atoms with E-state index in [9.17, 15) is 14.0 Å². The van der Waals surface area contributed by atoms with Gasteiger partial charge < -0.3 is 14.5 Å². The van der Waals surface area contributed by atoms with E-state index in [4.69, 9.17) is 4.74 Å². The van der Waals surface area contributed by atoms with Crippen LogP contribution >= 0.6 is 11.8 Å². The van der Waals surface area contributed by atoms with E-state index in [2.05, 4.69) is 0 Å². The Bertz CT molecular complexity index is 527. The summed E-state index contributed by atoms with van der Waals surface area (Å²) in [6.45, 7) is 0.621. The summed E-state index contributed by atoms with van der Waals surface area (Å²) in [5.41, 5.74) is 0. The number of benzene rings is 1. The van der Waals surface area contributed by atoms with Gasteiger partial charge in [-0.15, -0.1) is 11.8 Å². The molecule has 5 nitrogen and oxygen atoms in total. The van der Waals surface area contributed by atoms with Crippen LogP contribution in [0.1, 0.15) is 0 Å². The molecule has 0 saturated carbocycles. The molecule has 21 heavy (non-hydrogen) atoms. The first-order chi connectivity index (χ1) is 10.1. The molecule has 2 rings (SSSR count). The lowest BCUT2D eigenvalue weighted by Crippen LogP contribution is -2.40. The van der Waals surface area contributed by atoms with Gasteiger partial charge in [-0.3, -0.25) is 9.59 Å². The summed E-state index contributed by atoms with van der Waals surface area (Å²) in [4.78, 5) is 26.4. The summed E-state index contributed by atoms with van der Waals surface area (Å²) in [5, 5.41) is 0. The number of carbonyl (C=O) groups is 2. The van der Waals surface area contributed by atoms with Crippen molar-refractivity contribution < 1.29 is 18.7 Å². The Morgan fingerprint density at radius 2 is 2.24 bits per heavy atom. The van der Waals surface area contributed by atoms with Crippen LogP contribution < -0.4 is 4.74 Å². The van der Waals surface area contributed by atoms with Gasteiger partial charge >= 0.3 is 0 Å².